The highest BCUT2D eigenvalue weighted by Crippen LogP contribution is 2.38. The summed E-state index contributed by atoms with van der Waals surface area (Å²) in [5.74, 6) is 0.124. The predicted octanol–water partition coefficient (Wildman–Crippen LogP) is 4.81. The molecule has 0 saturated carbocycles. The number of alkyl halides is 3. The van der Waals surface area contributed by atoms with Crippen molar-refractivity contribution in [3.63, 3.8) is 0 Å². The van der Waals surface area contributed by atoms with Crippen molar-refractivity contribution in [2.24, 2.45) is 0 Å². The molecule has 0 spiro atoms. The van der Waals surface area contributed by atoms with Crippen LogP contribution < -0.4 is 4.74 Å². The molecule has 1 aromatic carbocycles. The zero-order valence-corrected chi connectivity index (χ0v) is 12.1. The third-order valence-corrected chi connectivity index (χ3v) is 3.17. The quantitative estimate of drug-likeness (QED) is 0.762. The van der Waals surface area contributed by atoms with Crippen LogP contribution in [0.5, 0.6) is 11.6 Å². The molecule has 21 heavy (non-hydrogen) atoms. The van der Waals surface area contributed by atoms with Gasteiger partial charge >= 0.3 is 6.18 Å². The first-order chi connectivity index (χ1) is 9.82. The van der Waals surface area contributed by atoms with Gasteiger partial charge in [0.05, 0.1) is 5.56 Å². The van der Waals surface area contributed by atoms with Gasteiger partial charge in [-0.3, -0.25) is 0 Å². The average molecular weight is 317 g/mol. The maximum Gasteiger partial charge on any atom is 0.419 e. The van der Waals surface area contributed by atoms with Crippen LogP contribution in [0.3, 0.4) is 0 Å². The molecule has 0 atom stereocenters. The molecule has 0 unspecified atom stereocenters. The van der Waals surface area contributed by atoms with E-state index in [2.05, 4.69) is 9.97 Å². The number of aryl methyl sites for hydroxylation is 1. The summed E-state index contributed by atoms with van der Waals surface area (Å²) in [4.78, 5) is 8.10. The van der Waals surface area contributed by atoms with E-state index in [1.807, 2.05) is 6.92 Å². The summed E-state index contributed by atoms with van der Waals surface area (Å²) < 4.78 is 44.1. The van der Waals surface area contributed by atoms with Crippen molar-refractivity contribution in [3.05, 3.63) is 46.4 Å². The fourth-order valence-corrected chi connectivity index (χ4v) is 1.84. The Morgan fingerprint density at radius 1 is 1.19 bits per heavy atom. The Balaban J connectivity index is 2.46. The number of rotatable bonds is 3. The van der Waals surface area contributed by atoms with Crippen LogP contribution in [-0.2, 0) is 12.6 Å². The van der Waals surface area contributed by atoms with Crippen molar-refractivity contribution >= 4 is 11.6 Å². The van der Waals surface area contributed by atoms with Crippen LogP contribution in [0.4, 0.5) is 13.2 Å². The van der Waals surface area contributed by atoms with Gasteiger partial charge < -0.3 is 4.74 Å². The predicted molar refractivity (Wildman–Crippen MR) is 72.7 cm³/mol. The first kappa shape index (κ1) is 15.6. The maximum absolute atomic E-state index is 12.9. The summed E-state index contributed by atoms with van der Waals surface area (Å²) >= 11 is 5.94. The highest BCUT2D eigenvalue weighted by atomic mass is 35.5. The molecule has 7 heteroatoms. The van der Waals surface area contributed by atoms with E-state index >= 15 is 0 Å². The van der Waals surface area contributed by atoms with E-state index in [0.717, 1.165) is 6.07 Å². The van der Waals surface area contributed by atoms with Crippen LogP contribution in [-0.4, -0.2) is 9.97 Å². The van der Waals surface area contributed by atoms with Gasteiger partial charge in [0.15, 0.2) is 0 Å². The minimum atomic E-state index is -4.51. The van der Waals surface area contributed by atoms with Gasteiger partial charge in [-0.1, -0.05) is 30.7 Å². The van der Waals surface area contributed by atoms with Gasteiger partial charge in [0.2, 0.25) is 5.88 Å². The number of hydrogen-bond donors (Lipinski definition) is 0. The van der Waals surface area contributed by atoms with Crippen molar-refractivity contribution < 1.29 is 17.9 Å². The lowest BCUT2D eigenvalue weighted by Crippen LogP contribution is -2.08. The third-order valence-electron chi connectivity index (χ3n) is 2.80. The smallest absolute Gasteiger partial charge is 0.419 e. The zero-order chi connectivity index (χ0) is 15.6. The minimum absolute atomic E-state index is 0.0311. The maximum atomic E-state index is 12.9. The normalized spacial score (nSPS) is 11.5. The molecular formula is C14H12ClF3N2O. The highest BCUT2D eigenvalue weighted by Gasteiger charge is 2.34. The summed E-state index contributed by atoms with van der Waals surface area (Å²) in [7, 11) is 0. The van der Waals surface area contributed by atoms with Crippen molar-refractivity contribution in [1.82, 2.24) is 9.97 Å². The molecule has 1 heterocycles. The molecule has 0 N–H and O–H groups in total. The van der Waals surface area contributed by atoms with E-state index in [0.29, 0.717) is 17.8 Å². The molecule has 0 fully saturated rings. The van der Waals surface area contributed by atoms with Gasteiger partial charge in [0.25, 0.3) is 0 Å². The molecule has 0 radical (unpaired) electrons. The number of halogens is 4. The number of ether oxygens (including phenoxy) is 1. The van der Waals surface area contributed by atoms with Gasteiger partial charge in [0.1, 0.15) is 16.7 Å². The minimum Gasteiger partial charge on any atom is -0.438 e. The van der Waals surface area contributed by atoms with E-state index in [4.69, 9.17) is 16.3 Å². The second-order valence-corrected chi connectivity index (χ2v) is 4.67. The number of hydrogen-bond acceptors (Lipinski definition) is 3. The Kier molecular flexibility index (Phi) is 4.37. The summed E-state index contributed by atoms with van der Waals surface area (Å²) in [6.07, 6.45) is -4.01. The summed E-state index contributed by atoms with van der Waals surface area (Å²) in [6, 6.07) is 4.95. The zero-order valence-electron chi connectivity index (χ0n) is 11.3. The average Bonchev–Trinajstić information content (AvgIpc) is 2.43. The molecule has 2 rings (SSSR count). The molecule has 0 amide bonds. The summed E-state index contributed by atoms with van der Waals surface area (Å²) in [5, 5.41) is 0.168. The van der Waals surface area contributed by atoms with Crippen molar-refractivity contribution in [2.75, 3.05) is 0 Å². The lowest BCUT2D eigenvalue weighted by atomic mass is 10.2. The second kappa shape index (κ2) is 5.89. The van der Waals surface area contributed by atoms with Crippen LogP contribution in [0.2, 0.25) is 5.15 Å². The molecule has 2 aromatic rings. The number of nitrogens with zero attached hydrogens (tertiary/aromatic N) is 2. The lowest BCUT2D eigenvalue weighted by molar-refractivity contribution is -0.138. The molecule has 0 saturated heterocycles. The lowest BCUT2D eigenvalue weighted by Gasteiger charge is -2.14. The molecule has 0 aliphatic heterocycles. The molecular weight excluding hydrogens is 305 g/mol. The molecule has 3 nitrogen and oxygen atoms in total. The monoisotopic (exact) mass is 316 g/mol. The Bertz CT molecular complexity index is 659. The fraction of sp³-hybridized carbons (Fsp3) is 0.286. The SMILES string of the molecule is CCc1nc(Cl)c(C)c(Oc2ccccc2C(F)(F)F)n1. The molecule has 0 aliphatic carbocycles. The van der Waals surface area contributed by atoms with Gasteiger partial charge in [-0.15, -0.1) is 0 Å². The Hall–Kier alpha value is -1.82. The number of benzene rings is 1. The number of para-hydroxylation sites is 1. The Morgan fingerprint density at radius 2 is 1.86 bits per heavy atom. The highest BCUT2D eigenvalue weighted by molar-refractivity contribution is 6.30. The molecule has 0 bridgehead atoms. The van der Waals surface area contributed by atoms with E-state index in [1.54, 1.807) is 6.92 Å². The molecule has 0 aliphatic rings. The van der Waals surface area contributed by atoms with Gasteiger partial charge in [-0.05, 0) is 19.1 Å². The van der Waals surface area contributed by atoms with Crippen LogP contribution in [0.25, 0.3) is 0 Å². The molecule has 1 aromatic heterocycles. The third kappa shape index (κ3) is 3.44. The standard InChI is InChI=1S/C14H12ClF3N2O/c1-3-11-19-12(15)8(2)13(20-11)21-10-7-5-4-6-9(10)14(16,17)18/h4-7H,3H2,1-2H3. The topological polar surface area (TPSA) is 35.0 Å². The van der Waals surface area contributed by atoms with Crippen LogP contribution in [0, 0.1) is 6.92 Å². The van der Waals surface area contributed by atoms with Crippen molar-refractivity contribution in [1.29, 1.82) is 0 Å². The summed E-state index contributed by atoms with van der Waals surface area (Å²) in [5.41, 5.74) is -0.469. The van der Waals surface area contributed by atoms with E-state index in [-0.39, 0.29) is 16.8 Å². The van der Waals surface area contributed by atoms with E-state index in [9.17, 15) is 13.2 Å². The van der Waals surface area contributed by atoms with Crippen molar-refractivity contribution in [3.8, 4) is 11.6 Å². The van der Waals surface area contributed by atoms with Crippen LogP contribution in [0.1, 0.15) is 23.9 Å². The first-order valence-electron chi connectivity index (χ1n) is 6.20. The van der Waals surface area contributed by atoms with Gasteiger partial charge in [-0.2, -0.15) is 18.2 Å². The Morgan fingerprint density at radius 3 is 2.48 bits per heavy atom. The van der Waals surface area contributed by atoms with E-state index in [1.165, 1.54) is 18.2 Å². The molecule has 112 valence electrons. The van der Waals surface area contributed by atoms with Crippen LogP contribution >= 0.6 is 11.6 Å². The Labute approximate surface area is 124 Å². The van der Waals surface area contributed by atoms with Crippen molar-refractivity contribution in [2.45, 2.75) is 26.4 Å². The van der Waals surface area contributed by atoms with Gasteiger partial charge in [-0.25, -0.2) is 4.98 Å². The van der Waals surface area contributed by atoms with E-state index < -0.39 is 11.7 Å². The second-order valence-electron chi connectivity index (χ2n) is 4.31. The fourth-order valence-electron chi connectivity index (χ4n) is 1.66. The van der Waals surface area contributed by atoms with Crippen LogP contribution in [0.15, 0.2) is 24.3 Å². The van der Waals surface area contributed by atoms with Gasteiger partial charge in [0, 0.05) is 12.0 Å². The summed E-state index contributed by atoms with van der Waals surface area (Å²) in [6.45, 7) is 3.40. The largest absolute Gasteiger partial charge is 0.438 e. The first-order valence-corrected chi connectivity index (χ1v) is 6.57. The number of aromatic nitrogens is 2.